The molecule has 0 aliphatic carbocycles. The van der Waals surface area contributed by atoms with Gasteiger partial charge in [-0.1, -0.05) is 19.8 Å². The molecule has 2 heterocycles. The van der Waals surface area contributed by atoms with E-state index in [-0.39, 0.29) is 5.72 Å². The maximum absolute atomic E-state index is 10.5. The third-order valence-corrected chi connectivity index (χ3v) is 4.89. The first-order valence-corrected chi connectivity index (χ1v) is 8.34. The molecule has 2 aliphatic heterocycles. The Kier molecular flexibility index (Phi) is 3.87. The fraction of sp³-hybridized carbons (Fsp3) is 0.667. The van der Waals surface area contributed by atoms with Crippen LogP contribution in [-0.2, 0) is 6.42 Å². The lowest BCUT2D eigenvalue weighted by molar-refractivity contribution is -0.0831. The Hall–Kier alpha value is -1.22. The van der Waals surface area contributed by atoms with E-state index in [0.29, 0.717) is 11.8 Å². The zero-order valence-corrected chi connectivity index (χ0v) is 13.5. The van der Waals surface area contributed by atoms with Gasteiger partial charge in [0.05, 0.1) is 5.56 Å². The maximum atomic E-state index is 10.5. The van der Waals surface area contributed by atoms with Crippen molar-refractivity contribution in [2.24, 2.45) is 0 Å². The van der Waals surface area contributed by atoms with Gasteiger partial charge in [-0.05, 0) is 57.2 Å². The molecule has 0 amide bonds. The van der Waals surface area contributed by atoms with Crippen LogP contribution in [-0.4, -0.2) is 22.3 Å². The van der Waals surface area contributed by atoms with Gasteiger partial charge < -0.3 is 9.84 Å². The number of unbranched alkanes of at least 4 members (excludes halogenated alkanes) is 2. The number of benzene rings is 1. The lowest BCUT2D eigenvalue weighted by atomic mass is 9.95. The molecule has 116 valence electrons. The van der Waals surface area contributed by atoms with Gasteiger partial charge >= 0.3 is 0 Å². The molecule has 0 radical (unpaired) electrons. The van der Waals surface area contributed by atoms with E-state index in [4.69, 9.17) is 4.74 Å². The summed E-state index contributed by atoms with van der Waals surface area (Å²) in [5, 5.41) is 10.5. The first-order valence-electron chi connectivity index (χ1n) is 8.34. The lowest BCUT2D eigenvalue weighted by Gasteiger charge is -2.45. The van der Waals surface area contributed by atoms with Crippen LogP contribution in [0.4, 0.5) is 0 Å². The van der Waals surface area contributed by atoms with E-state index in [9.17, 15) is 5.11 Å². The van der Waals surface area contributed by atoms with Crippen LogP contribution in [0.5, 0.6) is 11.5 Å². The number of fused-ring (bicyclic) bond motifs is 3. The number of phenols is 1. The van der Waals surface area contributed by atoms with Gasteiger partial charge in [-0.3, -0.25) is 4.90 Å². The molecule has 1 aromatic rings. The topological polar surface area (TPSA) is 32.7 Å². The molecule has 1 aromatic carbocycles. The average molecular weight is 289 g/mol. The largest absolute Gasteiger partial charge is 0.507 e. The highest BCUT2D eigenvalue weighted by atomic mass is 16.5. The average Bonchev–Trinajstić information content (AvgIpc) is 2.88. The van der Waals surface area contributed by atoms with E-state index in [0.717, 1.165) is 30.7 Å². The Morgan fingerprint density at radius 3 is 2.90 bits per heavy atom. The van der Waals surface area contributed by atoms with Crippen LogP contribution in [0.1, 0.15) is 70.0 Å². The van der Waals surface area contributed by atoms with Crippen molar-refractivity contribution in [3.8, 4) is 11.5 Å². The Labute approximate surface area is 127 Å². The fourth-order valence-corrected chi connectivity index (χ4v) is 3.85. The second kappa shape index (κ2) is 5.53. The van der Waals surface area contributed by atoms with E-state index in [1.807, 2.05) is 6.07 Å². The van der Waals surface area contributed by atoms with Crippen LogP contribution < -0.4 is 4.74 Å². The van der Waals surface area contributed by atoms with Gasteiger partial charge in [0.1, 0.15) is 11.5 Å². The second-order valence-electron chi connectivity index (χ2n) is 6.88. The number of hydrogen-bond acceptors (Lipinski definition) is 3. The van der Waals surface area contributed by atoms with Crippen LogP contribution in [0, 0.1) is 0 Å². The molecule has 3 heteroatoms. The predicted octanol–water partition coefficient (Wildman–Crippen LogP) is 4.39. The Bertz CT molecular complexity index is 524. The molecule has 1 N–H and O–H groups in total. The van der Waals surface area contributed by atoms with E-state index in [1.165, 1.54) is 31.2 Å². The number of phenolic OH excluding ortho intramolecular Hbond substituents is 1. The molecular weight excluding hydrogens is 262 g/mol. The molecule has 21 heavy (non-hydrogen) atoms. The van der Waals surface area contributed by atoms with Crippen molar-refractivity contribution in [3.05, 3.63) is 23.3 Å². The van der Waals surface area contributed by atoms with Gasteiger partial charge in [0.2, 0.25) is 0 Å². The first-order chi connectivity index (χ1) is 10.0. The van der Waals surface area contributed by atoms with Gasteiger partial charge in [0.15, 0.2) is 5.72 Å². The van der Waals surface area contributed by atoms with Crippen molar-refractivity contribution in [3.63, 3.8) is 0 Å². The van der Waals surface area contributed by atoms with Crippen molar-refractivity contribution in [2.45, 2.75) is 71.1 Å². The summed E-state index contributed by atoms with van der Waals surface area (Å²) >= 11 is 0. The minimum atomic E-state index is -0.275. The highest BCUT2D eigenvalue weighted by Crippen LogP contribution is 2.50. The van der Waals surface area contributed by atoms with E-state index >= 15 is 0 Å². The number of aryl methyl sites for hydroxylation is 1. The number of hydrogen-bond donors (Lipinski definition) is 1. The highest BCUT2D eigenvalue weighted by molar-refractivity contribution is 5.51. The van der Waals surface area contributed by atoms with Crippen molar-refractivity contribution < 1.29 is 9.84 Å². The third-order valence-electron chi connectivity index (χ3n) is 4.89. The van der Waals surface area contributed by atoms with Gasteiger partial charge in [-0.15, -0.1) is 0 Å². The Morgan fingerprint density at radius 2 is 2.14 bits per heavy atom. The summed E-state index contributed by atoms with van der Waals surface area (Å²) in [6.45, 7) is 7.53. The molecule has 1 saturated heterocycles. The number of aromatic hydroxyl groups is 1. The molecule has 3 nitrogen and oxygen atoms in total. The minimum absolute atomic E-state index is 0.275. The summed E-state index contributed by atoms with van der Waals surface area (Å²) in [7, 11) is 0. The first kappa shape index (κ1) is 14.7. The summed E-state index contributed by atoms with van der Waals surface area (Å²) in [6, 6.07) is 4.42. The van der Waals surface area contributed by atoms with Crippen LogP contribution in [0.3, 0.4) is 0 Å². The summed E-state index contributed by atoms with van der Waals surface area (Å²) in [4.78, 5) is 2.38. The number of rotatable bonds is 4. The van der Waals surface area contributed by atoms with Gasteiger partial charge in [-0.25, -0.2) is 0 Å². The predicted molar refractivity (Wildman–Crippen MR) is 84.7 cm³/mol. The van der Waals surface area contributed by atoms with Crippen molar-refractivity contribution in [2.75, 3.05) is 6.54 Å². The zero-order chi connectivity index (χ0) is 15.0. The summed E-state index contributed by atoms with van der Waals surface area (Å²) in [6.07, 6.45) is 6.94. The van der Waals surface area contributed by atoms with E-state index in [2.05, 4.69) is 31.7 Å². The summed E-state index contributed by atoms with van der Waals surface area (Å²) < 4.78 is 6.23. The minimum Gasteiger partial charge on any atom is -0.507 e. The van der Waals surface area contributed by atoms with Gasteiger partial charge in [-0.2, -0.15) is 0 Å². The van der Waals surface area contributed by atoms with Crippen molar-refractivity contribution in [1.29, 1.82) is 0 Å². The highest BCUT2D eigenvalue weighted by Gasteiger charge is 2.44. The molecule has 1 atom stereocenters. The van der Waals surface area contributed by atoms with Crippen molar-refractivity contribution in [1.82, 2.24) is 4.90 Å². The molecular formula is C18H27NO2. The van der Waals surface area contributed by atoms with Gasteiger partial charge in [0.25, 0.3) is 0 Å². The SMILES string of the molecule is CCCCCc1cc(O)c2c(c1)OC(C)(C)N1CCCC21. The summed E-state index contributed by atoms with van der Waals surface area (Å²) in [5.74, 6) is 1.32. The molecule has 0 saturated carbocycles. The van der Waals surface area contributed by atoms with Crippen molar-refractivity contribution >= 4 is 0 Å². The maximum Gasteiger partial charge on any atom is 0.158 e. The zero-order valence-electron chi connectivity index (χ0n) is 13.5. The number of nitrogens with zero attached hydrogens (tertiary/aromatic N) is 1. The fourth-order valence-electron chi connectivity index (χ4n) is 3.85. The second-order valence-corrected chi connectivity index (χ2v) is 6.88. The summed E-state index contributed by atoms with van der Waals surface area (Å²) in [5.41, 5.74) is 1.93. The molecule has 0 bridgehead atoms. The number of ether oxygens (including phenoxy) is 1. The molecule has 0 aromatic heterocycles. The molecule has 1 unspecified atom stereocenters. The molecule has 3 rings (SSSR count). The molecule has 1 fully saturated rings. The van der Waals surface area contributed by atoms with Crippen LogP contribution >= 0.6 is 0 Å². The van der Waals surface area contributed by atoms with Crippen LogP contribution in [0.15, 0.2) is 12.1 Å². The Morgan fingerprint density at radius 1 is 1.33 bits per heavy atom. The smallest absolute Gasteiger partial charge is 0.158 e. The van der Waals surface area contributed by atoms with Gasteiger partial charge in [0, 0.05) is 12.6 Å². The lowest BCUT2D eigenvalue weighted by Crippen LogP contribution is -2.50. The monoisotopic (exact) mass is 289 g/mol. The van der Waals surface area contributed by atoms with Crippen LogP contribution in [0.2, 0.25) is 0 Å². The van der Waals surface area contributed by atoms with Crippen LogP contribution in [0.25, 0.3) is 0 Å². The quantitative estimate of drug-likeness (QED) is 0.834. The van der Waals surface area contributed by atoms with E-state index in [1.54, 1.807) is 0 Å². The molecule has 2 aliphatic rings. The Balaban J connectivity index is 1.92. The third kappa shape index (κ3) is 2.64. The normalized spacial score (nSPS) is 23.5. The van der Waals surface area contributed by atoms with E-state index < -0.39 is 0 Å². The standard InChI is InChI=1S/C18H27NO2/c1-4-5-6-8-13-11-15(20)17-14-9-7-10-19(14)18(2,3)21-16(17)12-13/h11-12,14,20H,4-10H2,1-3H3. The molecule has 0 spiro atoms.